The van der Waals surface area contributed by atoms with E-state index in [-0.39, 0.29) is 5.91 Å². The van der Waals surface area contributed by atoms with Crippen molar-refractivity contribution >= 4 is 28.6 Å². The largest absolute Gasteiger partial charge is 0.289 e. The number of aromatic nitrogens is 1. The first-order chi connectivity index (χ1) is 6.81. The van der Waals surface area contributed by atoms with Crippen LogP contribution in [0.1, 0.15) is 10.5 Å². The summed E-state index contributed by atoms with van der Waals surface area (Å²) in [4.78, 5) is 16.3. The number of nitrogen functional groups attached to an aromatic ring is 1. The van der Waals surface area contributed by atoms with E-state index in [1.54, 1.807) is 16.7 Å². The Morgan fingerprint density at radius 1 is 1.50 bits per heavy atom. The number of nitrogens with one attached hydrogen (secondary N) is 1. The van der Waals surface area contributed by atoms with Crippen LogP contribution in [0, 0.1) is 0 Å². The molecule has 2 aromatic heterocycles. The average Bonchev–Trinajstić information content (AvgIpc) is 2.86. The molecule has 4 nitrogen and oxygen atoms in total. The summed E-state index contributed by atoms with van der Waals surface area (Å²) in [5.74, 6) is 4.64. The van der Waals surface area contributed by atoms with Crippen molar-refractivity contribution < 1.29 is 4.79 Å². The van der Waals surface area contributed by atoms with E-state index in [4.69, 9.17) is 5.84 Å². The number of amides is 1. The lowest BCUT2D eigenvalue weighted by Crippen LogP contribution is -2.30. The van der Waals surface area contributed by atoms with Gasteiger partial charge in [-0.05, 0) is 11.4 Å². The maximum Gasteiger partial charge on any atom is 0.284 e. The topological polar surface area (TPSA) is 68.0 Å². The molecular formula is C8H7N3OS2. The lowest BCUT2D eigenvalue weighted by molar-refractivity contribution is 0.0949. The molecule has 0 aliphatic heterocycles. The standard InChI is InChI=1S/C8H7N3OS2/c9-11-7(12)5-4-14-8(10-5)6-2-1-3-13-6/h1-4H,9H2,(H,11,12). The zero-order valence-corrected chi connectivity index (χ0v) is 8.69. The van der Waals surface area contributed by atoms with Gasteiger partial charge in [-0.3, -0.25) is 10.2 Å². The van der Waals surface area contributed by atoms with Gasteiger partial charge in [-0.1, -0.05) is 6.07 Å². The Kier molecular flexibility index (Phi) is 2.58. The molecule has 2 aromatic rings. The van der Waals surface area contributed by atoms with E-state index < -0.39 is 0 Å². The Labute approximate surface area is 88.4 Å². The molecule has 72 valence electrons. The van der Waals surface area contributed by atoms with Crippen LogP contribution in [0.5, 0.6) is 0 Å². The SMILES string of the molecule is NNC(=O)c1csc(-c2cccs2)n1. The fourth-order valence-corrected chi connectivity index (χ4v) is 2.58. The molecule has 0 saturated carbocycles. The summed E-state index contributed by atoms with van der Waals surface area (Å²) in [7, 11) is 0. The molecule has 0 aliphatic rings. The quantitative estimate of drug-likeness (QED) is 0.462. The maximum absolute atomic E-state index is 11.1. The minimum atomic E-state index is -0.357. The first-order valence-corrected chi connectivity index (χ1v) is 5.57. The predicted octanol–water partition coefficient (Wildman–Crippen LogP) is 1.48. The van der Waals surface area contributed by atoms with Crippen LogP contribution in [0.4, 0.5) is 0 Å². The third kappa shape index (κ3) is 1.67. The number of nitrogens with zero attached hydrogens (tertiary/aromatic N) is 1. The fourth-order valence-electron chi connectivity index (χ4n) is 0.965. The zero-order chi connectivity index (χ0) is 9.97. The highest BCUT2D eigenvalue weighted by Gasteiger charge is 2.10. The third-order valence-corrected chi connectivity index (χ3v) is 3.48. The van der Waals surface area contributed by atoms with Crippen molar-refractivity contribution in [3.63, 3.8) is 0 Å². The van der Waals surface area contributed by atoms with E-state index >= 15 is 0 Å². The number of thiazole rings is 1. The molecule has 0 saturated heterocycles. The summed E-state index contributed by atoms with van der Waals surface area (Å²) < 4.78 is 0. The van der Waals surface area contributed by atoms with Crippen molar-refractivity contribution in [1.82, 2.24) is 10.4 Å². The molecule has 0 bridgehead atoms. The molecule has 0 spiro atoms. The van der Waals surface area contributed by atoms with Crippen LogP contribution in [0.25, 0.3) is 9.88 Å². The first kappa shape index (κ1) is 9.32. The second-order valence-electron chi connectivity index (χ2n) is 2.49. The lowest BCUT2D eigenvalue weighted by atomic mass is 10.4. The number of hydrazine groups is 1. The Bertz CT molecular complexity index is 435. The number of hydrogen-bond donors (Lipinski definition) is 2. The summed E-state index contributed by atoms with van der Waals surface area (Å²) in [5.41, 5.74) is 2.41. The summed E-state index contributed by atoms with van der Waals surface area (Å²) in [5, 5.41) is 4.51. The predicted molar refractivity (Wildman–Crippen MR) is 57.1 cm³/mol. The highest BCUT2D eigenvalue weighted by molar-refractivity contribution is 7.20. The first-order valence-electron chi connectivity index (χ1n) is 3.81. The van der Waals surface area contributed by atoms with E-state index in [0.29, 0.717) is 5.69 Å². The Balaban J connectivity index is 2.31. The molecule has 2 rings (SSSR count). The fraction of sp³-hybridized carbons (Fsp3) is 0. The number of rotatable bonds is 2. The molecule has 1 amide bonds. The van der Waals surface area contributed by atoms with Gasteiger partial charge >= 0.3 is 0 Å². The van der Waals surface area contributed by atoms with Gasteiger partial charge in [0.25, 0.3) is 5.91 Å². The molecule has 6 heteroatoms. The van der Waals surface area contributed by atoms with Crippen LogP contribution in [0.3, 0.4) is 0 Å². The lowest BCUT2D eigenvalue weighted by Gasteiger charge is -1.91. The van der Waals surface area contributed by atoms with Crippen molar-refractivity contribution in [2.45, 2.75) is 0 Å². The number of thiophene rings is 1. The molecule has 2 heterocycles. The third-order valence-electron chi connectivity index (χ3n) is 1.60. The molecule has 3 N–H and O–H groups in total. The number of nitrogens with two attached hydrogens (primary N) is 1. The van der Waals surface area contributed by atoms with Gasteiger partial charge < -0.3 is 0 Å². The minimum Gasteiger partial charge on any atom is -0.289 e. The van der Waals surface area contributed by atoms with Crippen LogP contribution >= 0.6 is 22.7 Å². The Morgan fingerprint density at radius 3 is 3.00 bits per heavy atom. The van der Waals surface area contributed by atoms with E-state index in [0.717, 1.165) is 9.88 Å². The van der Waals surface area contributed by atoms with Crippen LogP contribution in [0.15, 0.2) is 22.9 Å². The molecule has 0 fully saturated rings. The van der Waals surface area contributed by atoms with Crippen molar-refractivity contribution in [3.8, 4) is 9.88 Å². The van der Waals surface area contributed by atoms with Gasteiger partial charge in [0.05, 0.1) is 4.88 Å². The van der Waals surface area contributed by atoms with Gasteiger partial charge in [0.15, 0.2) is 0 Å². The highest BCUT2D eigenvalue weighted by atomic mass is 32.1. The monoisotopic (exact) mass is 225 g/mol. The van der Waals surface area contributed by atoms with Crippen LogP contribution in [-0.2, 0) is 0 Å². The summed E-state index contributed by atoms with van der Waals surface area (Å²) >= 11 is 3.03. The van der Waals surface area contributed by atoms with Gasteiger partial charge in [0.2, 0.25) is 0 Å². The van der Waals surface area contributed by atoms with Crippen molar-refractivity contribution in [1.29, 1.82) is 0 Å². The molecule has 14 heavy (non-hydrogen) atoms. The normalized spacial score (nSPS) is 10.1. The van der Waals surface area contributed by atoms with Crippen LogP contribution < -0.4 is 11.3 Å². The number of hydrogen-bond acceptors (Lipinski definition) is 5. The molecule has 0 unspecified atom stereocenters. The molecule has 0 aliphatic carbocycles. The van der Waals surface area contributed by atoms with Crippen molar-refractivity contribution in [2.24, 2.45) is 5.84 Å². The number of carbonyl (C=O) groups excluding carboxylic acids is 1. The van der Waals surface area contributed by atoms with E-state index in [9.17, 15) is 4.79 Å². The summed E-state index contributed by atoms with van der Waals surface area (Å²) in [6.07, 6.45) is 0. The van der Waals surface area contributed by atoms with Gasteiger partial charge in [-0.2, -0.15) is 0 Å². The van der Waals surface area contributed by atoms with Crippen molar-refractivity contribution in [3.05, 3.63) is 28.6 Å². The molecule has 0 atom stereocenters. The van der Waals surface area contributed by atoms with Crippen LogP contribution in [-0.4, -0.2) is 10.9 Å². The highest BCUT2D eigenvalue weighted by Crippen LogP contribution is 2.27. The smallest absolute Gasteiger partial charge is 0.284 e. The van der Waals surface area contributed by atoms with Crippen LogP contribution in [0.2, 0.25) is 0 Å². The van der Waals surface area contributed by atoms with E-state index in [1.807, 2.05) is 22.9 Å². The number of carbonyl (C=O) groups is 1. The van der Waals surface area contributed by atoms with Gasteiger partial charge in [0, 0.05) is 5.38 Å². The minimum absolute atomic E-state index is 0.357. The zero-order valence-electron chi connectivity index (χ0n) is 7.06. The average molecular weight is 225 g/mol. The maximum atomic E-state index is 11.1. The summed E-state index contributed by atoms with van der Waals surface area (Å²) in [6, 6.07) is 3.91. The van der Waals surface area contributed by atoms with E-state index in [2.05, 4.69) is 4.98 Å². The Hall–Kier alpha value is -1.24. The van der Waals surface area contributed by atoms with Gasteiger partial charge in [-0.25, -0.2) is 10.8 Å². The van der Waals surface area contributed by atoms with Gasteiger partial charge in [-0.15, -0.1) is 22.7 Å². The Morgan fingerprint density at radius 2 is 2.36 bits per heavy atom. The molecule has 0 aromatic carbocycles. The second-order valence-corrected chi connectivity index (χ2v) is 4.29. The molecular weight excluding hydrogens is 218 g/mol. The summed E-state index contributed by atoms with van der Waals surface area (Å²) in [6.45, 7) is 0. The van der Waals surface area contributed by atoms with Crippen molar-refractivity contribution in [2.75, 3.05) is 0 Å². The van der Waals surface area contributed by atoms with Gasteiger partial charge in [0.1, 0.15) is 10.7 Å². The molecule has 0 radical (unpaired) electrons. The second kappa shape index (κ2) is 3.87. The van der Waals surface area contributed by atoms with E-state index in [1.165, 1.54) is 11.3 Å².